The summed E-state index contributed by atoms with van der Waals surface area (Å²) in [4.78, 5) is 14.8. The van der Waals surface area contributed by atoms with Gasteiger partial charge in [-0.2, -0.15) is 5.10 Å². The van der Waals surface area contributed by atoms with E-state index in [2.05, 4.69) is 27.1 Å². The first-order valence-electron chi connectivity index (χ1n) is 7.09. The van der Waals surface area contributed by atoms with Crippen molar-refractivity contribution < 1.29 is 4.92 Å². The van der Waals surface area contributed by atoms with Gasteiger partial charge in [-0.15, -0.1) is 39.1 Å². The number of piperazine rings is 1. The highest BCUT2D eigenvalue weighted by molar-refractivity contribution is 8.93. The molecule has 0 amide bonds. The number of nitrogens with zero attached hydrogens (tertiary/aromatic N) is 5. The second-order valence-electron chi connectivity index (χ2n) is 5.31. The molecule has 1 aromatic carbocycles. The van der Waals surface area contributed by atoms with Gasteiger partial charge < -0.3 is 9.80 Å². The van der Waals surface area contributed by atoms with Gasteiger partial charge in [-0.1, -0.05) is 11.8 Å². The molecule has 132 valence electrons. The van der Waals surface area contributed by atoms with Crippen LogP contribution < -0.4 is 0 Å². The Hall–Kier alpha value is -0.970. The molecule has 2 aliphatic heterocycles. The molecule has 2 aliphatic rings. The van der Waals surface area contributed by atoms with E-state index in [-0.39, 0.29) is 39.7 Å². The van der Waals surface area contributed by atoms with Crippen LogP contribution in [0.3, 0.4) is 0 Å². The summed E-state index contributed by atoms with van der Waals surface area (Å²) < 4.78 is 0. The summed E-state index contributed by atoms with van der Waals surface area (Å²) in [6, 6.07) is 6.46. The Labute approximate surface area is 165 Å². The molecule has 3 rings (SSSR count). The third-order valence-electron chi connectivity index (χ3n) is 3.78. The van der Waals surface area contributed by atoms with E-state index in [9.17, 15) is 10.1 Å². The van der Waals surface area contributed by atoms with Gasteiger partial charge in [-0.3, -0.25) is 10.1 Å². The number of halogens is 2. The lowest BCUT2D eigenvalue weighted by molar-refractivity contribution is -0.384. The molecule has 0 spiro atoms. The zero-order chi connectivity index (χ0) is 15.5. The van der Waals surface area contributed by atoms with Crippen LogP contribution in [0.15, 0.2) is 34.5 Å². The second kappa shape index (κ2) is 9.50. The van der Waals surface area contributed by atoms with Crippen LogP contribution in [0.2, 0.25) is 0 Å². The molecule has 0 N–H and O–H groups in total. The van der Waals surface area contributed by atoms with E-state index in [0.29, 0.717) is 0 Å². The maximum atomic E-state index is 10.7. The van der Waals surface area contributed by atoms with Gasteiger partial charge in [0.2, 0.25) is 0 Å². The first kappa shape index (κ1) is 21.1. The van der Waals surface area contributed by atoms with Crippen molar-refractivity contribution in [2.45, 2.75) is 0 Å². The monoisotopic (exact) mass is 479 g/mol. The molecule has 0 aromatic heterocycles. The maximum Gasteiger partial charge on any atom is 0.269 e. The Bertz CT molecular complexity index is 631. The van der Waals surface area contributed by atoms with Crippen molar-refractivity contribution in [1.82, 2.24) is 9.80 Å². The largest absolute Gasteiger partial charge is 0.347 e. The molecule has 0 unspecified atom stereocenters. The quantitative estimate of drug-likeness (QED) is 0.480. The number of hydrogen-bond acceptors (Lipinski definition) is 7. The van der Waals surface area contributed by atoms with Crippen molar-refractivity contribution in [2.75, 3.05) is 39.0 Å². The standard InChI is InChI=1S/C14H17N5O2S.2BrH/c1-17-6-8-18(9-7-17)14-16-15-13(10-22-14)11-2-4-12(5-3-11)19(20)21;;/h2-5H,6-10H2,1H3;2*1H. The lowest BCUT2D eigenvalue weighted by Gasteiger charge is -2.34. The van der Waals surface area contributed by atoms with Crippen LogP contribution in [-0.4, -0.2) is 64.6 Å². The molecule has 1 aromatic rings. The Balaban J connectivity index is 0.00000144. The van der Waals surface area contributed by atoms with Crippen molar-refractivity contribution in [3.8, 4) is 0 Å². The number of thioether (sulfide) groups is 1. The Morgan fingerprint density at radius 2 is 1.71 bits per heavy atom. The van der Waals surface area contributed by atoms with Crippen LogP contribution in [0.25, 0.3) is 0 Å². The zero-order valence-corrected chi connectivity index (χ0v) is 17.4. The normalized spacial score (nSPS) is 18.0. The number of likely N-dealkylation sites (N-methyl/N-ethyl adjacent to an activating group) is 1. The predicted octanol–water partition coefficient (Wildman–Crippen LogP) is 2.80. The van der Waals surface area contributed by atoms with E-state index in [4.69, 9.17) is 0 Å². The van der Waals surface area contributed by atoms with Crippen LogP contribution >= 0.6 is 45.7 Å². The molecule has 0 saturated carbocycles. The molecule has 1 fully saturated rings. The second-order valence-corrected chi connectivity index (χ2v) is 6.25. The molecule has 0 atom stereocenters. The molecule has 24 heavy (non-hydrogen) atoms. The lowest BCUT2D eigenvalue weighted by Crippen LogP contribution is -2.46. The van der Waals surface area contributed by atoms with Crippen LogP contribution in [0.1, 0.15) is 5.56 Å². The number of non-ortho nitro benzene ring substituents is 1. The number of nitro groups is 1. The average molecular weight is 481 g/mol. The fraction of sp³-hybridized carbons (Fsp3) is 0.429. The van der Waals surface area contributed by atoms with Gasteiger partial charge >= 0.3 is 0 Å². The van der Waals surface area contributed by atoms with E-state index in [0.717, 1.165) is 48.4 Å². The number of rotatable bonds is 2. The molecule has 0 radical (unpaired) electrons. The fourth-order valence-electron chi connectivity index (χ4n) is 2.36. The van der Waals surface area contributed by atoms with Crippen LogP contribution in [0.5, 0.6) is 0 Å². The molecular formula is C14H19Br2N5O2S. The predicted molar refractivity (Wildman–Crippen MR) is 109 cm³/mol. The van der Waals surface area contributed by atoms with Gasteiger partial charge in [0.1, 0.15) is 0 Å². The summed E-state index contributed by atoms with van der Waals surface area (Å²) in [5.41, 5.74) is 1.84. The maximum absolute atomic E-state index is 10.7. The van der Waals surface area contributed by atoms with E-state index >= 15 is 0 Å². The zero-order valence-electron chi connectivity index (χ0n) is 13.1. The molecular weight excluding hydrogens is 462 g/mol. The molecule has 0 aliphatic carbocycles. The fourth-order valence-corrected chi connectivity index (χ4v) is 3.32. The Kier molecular flexibility index (Phi) is 8.34. The average Bonchev–Trinajstić information content (AvgIpc) is 2.56. The minimum atomic E-state index is -0.398. The first-order chi connectivity index (χ1) is 10.6. The number of nitro benzene ring substituents is 1. The van der Waals surface area contributed by atoms with Gasteiger partial charge in [0.15, 0.2) is 5.17 Å². The van der Waals surface area contributed by atoms with Gasteiger partial charge in [-0.25, -0.2) is 0 Å². The third kappa shape index (κ3) is 5.01. The van der Waals surface area contributed by atoms with Gasteiger partial charge in [0, 0.05) is 44.1 Å². The van der Waals surface area contributed by atoms with Crippen molar-refractivity contribution in [1.29, 1.82) is 0 Å². The smallest absolute Gasteiger partial charge is 0.269 e. The van der Waals surface area contributed by atoms with E-state index < -0.39 is 4.92 Å². The van der Waals surface area contributed by atoms with E-state index in [1.54, 1.807) is 23.9 Å². The van der Waals surface area contributed by atoms with Gasteiger partial charge in [0.05, 0.1) is 10.6 Å². The summed E-state index contributed by atoms with van der Waals surface area (Å²) in [6.07, 6.45) is 0. The summed E-state index contributed by atoms with van der Waals surface area (Å²) >= 11 is 1.68. The topological polar surface area (TPSA) is 74.3 Å². The highest BCUT2D eigenvalue weighted by Crippen LogP contribution is 2.20. The highest BCUT2D eigenvalue weighted by Gasteiger charge is 2.21. The summed E-state index contributed by atoms with van der Waals surface area (Å²) in [6.45, 7) is 4.03. The number of amidine groups is 1. The summed E-state index contributed by atoms with van der Waals surface area (Å²) in [7, 11) is 2.12. The van der Waals surface area contributed by atoms with Gasteiger partial charge in [0.25, 0.3) is 5.69 Å². The third-order valence-corrected chi connectivity index (χ3v) is 4.80. The minimum Gasteiger partial charge on any atom is -0.347 e. The molecule has 2 heterocycles. The first-order valence-corrected chi connectivity index (χ1v) is 8.08. The van der Waals surface area contributed by atoms with Crippen molar-refractivity contribution in [2.24, 2.45) is 10.2 Å². The number of benzene rings is 1. The van der Waals surface area contributed by atoms with Crippen molar-refractivity contribution in [3.05, 3.63) is 39.9 Å². The lowest BCUT2D eigenvalue weighted by atomic mass is 10.1. The van der Waals surface area contributed by atoms with Gasteiger partial charge in [-0.05, 0) is 24.7 Å². The van der Waals surface area contributed by atoms with E-state index in [1.165, 1.54) is 12.1 Å². The SMILES string of the molecule is Br.Br.CN1CCN(C2=NN=C(c3ccc([N+](=O)[O-])cc3)CS2)CC1. The number of hydrogen-bond donors (Lipinski definition) is 0. The van der Waals surface area contributed by atoms with Crippen molar-refractivity contribution in [3.63, 3.8) is 0 Å². The Morgan fingerprint density at radius 1 is 1.08 bits per heavy atom. The van der Waals surface area contributed by atoms with Crippen LogP contribution in [0, 0.1) is 10.1 Å². The molecule has 0 bridgehead atoms. The summed E-state index contributed by atoms with van der Waals surface area (Å²) in [5, 5.41) is 20.3. The Morgan fingerprint density at radius 3 is 2.21 bits per heavy atom. The summed E-state index contributed by atoms with van der Waals surface area (Å²) in [5.74, 6) is 0.739. The van der Waals surface area contributed by atoms with E-state index in [1.807, 2.05) is 0 Å². The molecule has 1 saturated heterocycles. The van der Waals surface area contributed by atoms with Crippen LogP contribution in [-0.2, 0) is 0 Å². The minimum absolute atomic E-state index is 0. The molecule has 7 nitrogen and oxygen atoms in total. The highest BCUT2D eigenvalue weighted by atomic mass is 79.9. The molecule has 10 heteroatoms. The van der Waals surface area contributed by atoms with Crippen LogP contribution in [0.4, 0.5) is 5.69 Å². The van der Waals surface area contributed by atoms with Crippen molar-refractivity contribution >= 4 is 62.3 Å².